The quantitative estimate of drug-likeness (QED) is 0.0299. The van der Waals surface area contributed by atoms with Crippen molar-refractivity contribution in [2.75, 3.05) is 31.7 Å². The maximum absolute atomic E-state index is 14.2. The molecule has 0 aliphatic carbocycles. The van der Waals surface area contributed by atoms with E-state index in [1.165, 1.54) is 68.0 Å². The second kappa shape index (κ2) is 22.1. The first-order chi connectivity index (χ1) is 31.6. The highest BCUT2D eigenvalue weighted by molar-refractivity contribution is 7.92. The summed E-state index contributed by atoms with van der Waals surface area (Å²) in [5, 5.41) is 34.2. The molecule has 346 valence electrons. The van der Waals surface area contributed by atoms with Gasteiger partial charge in [-0.1, -0.05) is 62.4 Å². The molecular weight excluding hydrogens is 887 g/mol. The zero-order chi connectivity index (χ0) is 47.3. The predicted octanol–water partition coefficient (Wildman–Crippen LogP) is 5.93. The van der Waals surface area contributed by atoms with Crippen LogP contribution in [0.5, 0.6) is 23.1 Å². The molecule has 0 aliphatic rings. The molecule has 5 N–H and O–H groups in total. The first kappa shape index (κ1) is 48.3. The Morgan fingerprint density at radius 2 is 1.24 bits per heavy atom. The summed E-state index contributed by atoms with van der Waals surface area (Å²) in [4.78, 5) is 52.0. The van der Waals surface area contributed by atoms with E-state index in [1.54, 1.807) is 54.6 Å². The smallest absolute Gasteiger partial charge is 0.338 e. The molecule has 0 fully saturated rings. The molecule has 22 nitrogen and oxygen atoms in total. The molecule has 2 aromatic heterocycles. The molecule has 66 heavy (non-hydrogen) atoms. The number of aromatic nitrogens is 4. The van der Waals surface area contributed by atoms with E-state index >= 15 is 0 Å². The van der Waals surface area contributed by atoms with Crippen molar-refractivity contribution in [2.24, 2.45) is 0 Å². The van der Waals surface area contributed by atoms with Crippen LogP contribution in [0.4, 0.5) is 5.82 Å². The van der Waals surface area contributed by atoms with E-state index in [4.69, 9.17) is 44.5 Å². The second-order valence-electron chi connectivity index (χ2n) is 14.4. The second-order valence-corrected chi connectivity index (χ2v) is 16.1. The van der Waals surface area contributed by atoms with Crippen LogP contribution < -0.4 is 18.9 Å². The average molecular weight is 930 g/mol. The molecule has 23 heteroatoms. The lowest BCUT2D eigenvalue weighted by Crippen LogP contribution is -2.26. The highest BCUT2D eigenvalue weighted by atomic mass is 32.2. The molecule has 0 atom stereocenters. The lowest BCUT2D eigenvalue weighted by molar-refractivity contribution is -0.497. The number of nitrogens with one attached hydrogen (secondary N) is 1. The zero-order valence-electron chi connectivity index (χ0n) is 35.4. The van der Waals surface area contributed by atoms with Crippen molar-refractivity contribution >= 4 is 27.8 Å². The summed E-state index contributed by atoms with van der Waals surface area (Å²) < 4.78 is 59.5. The van der Waals surface area contributed by atoms with Gasteiger partial charge in [-0.05, 0) is 71.3 Å². The van der Waals surface area contributed by atoms with Gasteiger partial charge in [0.05, 0.1) is 47.1 Å². The van der Waals surface area contributed by atoms with Gasteiger partial charge in [-0.2, -0.15) is 4.98 Å². The van der Waals surface area contributed by atoms with Gasteiger partial charge in [0.25, 0.3) is 15.9 Å². The molecule has 0 aliphatic heterocycles. The molecule has 0 bridgehead atoms. The summed E-state index contributed by atoms with van der Waals surface area (Å²) in [6.07, 6.45) is 2.87. The van der Waals surface area contributed by atoms with Gasteiger partial charge < -0.3 is 23.7 Å². The van der Waals surface area contributed by atoms with Gasteiger partial charge in [-0.3, -0.25) is 25.6 Å². The number of anilines is 1. The number of rotatable bonds is 22. The van der Waals surface area contributed by atoms with E-state index in [2.05, 4.69) is 34.3 Å². The highest BCUT2D eigenvalue weighted by Crippen LogP contribution is 2.41. The van der Waals surface area contributed by atoms with Gasteiger partial charge in [-0.25, -0.2) is 42.6 Å². The van der Waals surface area contributed by atoms with Gasteiger partial charge in [0.1, 0.15) is 19.8 Å². The Bertz CT molecular complexity index is 2680. The zero-order valence-corrected chi connectivity index (χ0v) is 36.2. The van der Waals surface area contributed by atoms with E-state index in [9.17, 15) is 18.0 Å². The third-order valence-corrected chi connectivity index (χ3v) is 10.6. The normalized spacial score (nSPS) is 11.6. The third kappa shape index (κ3) is 13.2. The summed E-state index contributed by atoms with van der Waals surface area (Å²) >= 11 is 0. The van der Waals surface area contributed by atoms with Crippen molar-refractivity contribution in [3.05, 3.63) is 143 Å². The number of nitrogens with zero attached hydrogens (tertiary/aromatic N) is 6. The number of ether oxygens (including phenoxy) is 5. The predicted molar refractivity (Wildman–Crippen MR) is 226 cm³/mol. The van der Waals surface area contributed by atoms with Crippen LogP contribution >= 0.6 is 0 Å². The summed E-state index contributed by atoms with van der Waals surface area (Å²) in [6.45, 7) is 2.64. The molecule has 0 spiro atoms. The molecule has 0 saturated heterocycles. The lowest BCUT2D eigenvalue weighted by Gasteiger charge is -2.25. The van der Waals surface area contributed by atoms with Gasteiger partial charge in [0.2, 0.25) is 11.6 Å². The van der Waals surface area contributed by atoms with Crippen LogP contribution in [0.3, 0.4) is 0 Å². The van der Waals surface area contributed by atoms with Crippen molar-refractivity contribution in [1.29, 1.82) is 0 Å². The maximum atomic E-state index is 14.2. The van der Waals surface area contributed by atoms with Crippen molar-refractivity contribution in [2.45, 2.75) is 37.4 Å². The van der Waals surface area contributed by atoms with E-state index in [0.717, 1.165) is 0 Å². The van der Waals surface area contributed by atoms with E-state index in [1.807, 2.05) is 13.8 Å². The van der Waals surface area contributed by atoms with Gasteiger partial charge in [0.15, 0.2) is 23.1 Å². The van der Waals surface area contributed by atoms with E-state index in [-0.39, 0.29) is 89.7 Å². The highest BCUT2D eigenvalue weighted by Gasteiger charge is 2.28. The van der Waals surface area contributed by atoms with Crippen LogP contribution in [0.25, 0.3) is 11.6 Å². The molecule has 0 amide bonds. The Hall–Kier alpha value is -7.19. The first-order valence-corrected chi connectivity index (χ1v) is 21.0. The molecule has 0 unspecified atom stereocenters. The fourth-order valence-corrected chi connectivity index (χ4v) is 6.80. The van der Waals surface area contributed by atoms with Gasteiger partial charge in [0, 0.05) is 17.8 Å². The van der Waals surface area contributed by atoms with E-state index < -0.39 is 38.2 Å². The lowest BCUT2D eigenvalue weighted by atomic mass is 9.86. The molecule has 6 aromatic rings. The fourth-order valence-electron chi connectivity index (χ4n) is 5.80. The molecule has 0 saturated carbocycles. The summed E-state index contributed by atoms with van der Waals surface area (Å²) in [5.74, 6) is -2.00. The monoisotopic (exact) mass is 929 g/mol. The summed E-state index contributed by atoms with van der Waals surface area (Å²) in [7, 11) is -3.03. The Kier molecular flexibility index (Phi) is 16.2. The standard InChI is InChI=1S/C43H43N7O15S/c1-43(2,27-62-42(52)31-15-11-29(12-16-31)26-64-50(55)56)32-17-19-33(20-18-32)66(57,58)48-37-36(65-35-8-5-4-7-34(35)59-3)40(47-39(46-37)38-44-21-6-22-45-38)60-23-24-61-41(51)30-13-9-28(10-14-30)25-63-49(53)54/h4-22,53-56H,23-27H2,1-3H3,(H,46,47,48). The van der Waals surface area contributed by atoms with Crippen LogP contribution in [0.15, 0.2) is 120 Å². The summed E-state index contributed by atoms with van der Waals surface area (Å²) in [5.41, 5.74) is 1.39. The Labute approximate surface area is 376 Å². The number of benzene rings is 4. The van der Waals surface area contributed by atoms with Gasteiger partial charge >= 0.3 is 11.9 Å². The molecular formula is C43H43N7O15S. The number of sulfonamides is 1. The largest absolute Gasteiger partial charge is 0.493 e. The molecule has 6 rings (SSSR count). The molecule has 2 heterocycles. The number of carbonyl (C=O) groups excluding carboxylic acids is 2. The number of hydrogen-bond donors (Lipinski definition) is 5. The number of methoxy groups -OCH3 is 1. The Morgan fingerprint density at radius 3 is 1.80 bits per heavy atom. The van der Waals surface area contributed by atoms with Crippen LogP contribution in [0.1, 0.15) is 51.3 Å². The SMILES string of the molecule is COc1ccccc1Oc1c(NS(=O)(=O)c2ccc(C(C)(C)COC(=O)c3ccc(CON(O)O)cc3)cc2)nc(-c2ncccn2)nc1OCCOC(=O)c1ccc(CON(O)O)cc1. The average Bonchev–Trinajstić information content (AvgIpc) is 3.32. The topological polar surface area (TPSA) is 284 Å². The molecule has 4 aromatic carbocycles. The Morgan fingerprint density at radius 1 is 0.682 bits per heavy atom. The number of carbonyl (C=O) groups is 2. The van der Waals surface area contributed by atoms with Crippen molar-refractivity contribution < 1.29 is 72.2 Å². The maximum Gasteiger partial charge on any atom is 0.338 e. The first-order valence-electron chi connectivity index (χ1n) is 19.5. The van der Waals surface area contributed by atoms with Crippen molar-refractivity contribution in [3.8, 4) is 34.8 Å². The van der Waals surface area contributed by atoms with Crippen LogP contribution in [0, 0.1) is 0 Å². The summed E-state index contributed by atoms with van der Waals surface area (Å²) in [6, 6.07) is 26.1. The number of para-hydroxylation sites is 2. The van der Waals surface area contributed by atoms with Gasteiger partial charge in [-0.15, -0.1) is 0 Å². The van der Waals surface area contributed by atoms with Crippen LogP contribution in [-0.2, 0) is 47.8 Å². The van der Waals surface area contributed by atoms with Crippen molar-refractivity contribution in [1.82, 2.24) is 30.7 Å². The molecule has 0 radical (unpaired) electrons. The number of hydrogen-bond acceptors (Lipinski definition) is 21. The Balaban J connectivity index is 1.22. The number of esters is 2. The fraction of sp³-hybridized carbons (Fsp3) is 0.209. The van der Waals surface area contributed by atoms with Crippen LogP contribution in [-0.4, -0.2) is 98.8 Å². The minimum absolute atomic E-state index is 0.00801. The third-order valence-electron chi connectivity index (χ3n) is 9.25. The van der Waals surface area contributed by atoms with Crippen molar-refractivity contribution in [3.63, 3.8) is 0 Å². The minimum Gasteiger partial charge on any atom is -0.493 e. The van der Waals surface area contributed by atoms with Crippen LogP contribution in [0.2, 0.25) is 0 Å². The van der Waals surface area contributed by atoms with E-state index in [0.29, 0.717) is 16.7 Å². The minimum atomic E-state index is -4.45.